The van der Waals surface area contributed by atoms with E-state index in [0.717, 1.165) is 9.81 Å². The molecule has 0 N–H and O–H groups in total. The Balaban J connectivity index is 3.14. The molecule has 0 amide bonds. The molecule has 0 spiro atoms. The minimum absolute atomic E-state index is 0.825. The summed E-state index contributed by atoms with van der Waals surface area (Å²) in [7, 11) is 0. The number of halogens is 2. The lowest BCUT2D eigenvalue weighted by Crippen LogP contribution is -1.49. The number of rotatable bonds is 1. The van der Waals surface area contributed by atoms with E-state index in [1.807, 2.05) is 6.08 Å². The molecule has 0 aromatic rings. The van der Waals surface area contributed by atoms with E-state index >= 15 is 0 Å². The second-order valence-corrected chi connectivity index (χ2v) is 3.56. The van der Waals surface area contributed by atoms with E-state index in [0.29, 0.717) is 0 Å². The van der Waals surface area contributed by atoms with Crippen molar-refractivity contribution >= 4 is 31.9 Å². The van der Waals surface area contributed by atoms with Crippen LogP contribution in [0.1, 0.15) is 6.42 Å². The molecule has 0 fully saturated rings. The van der Waals surface area contributed by atoms with Crippen LogP contribution < -0.4 is 0 Å². The quantitative estimate of drug-likeness (QED) is 0.628. The van der Waals surface area contributed by atoms with E-state index in [1.54, 1.807) is 0 Å². The molecule has 0 aromatic carbocycles. The van der Waals surface area contributed by atoms with Gasteiger partial charge in [0, 0.05) is 0 Å². The average Bonchev–Trinajstić information content (AvgIpc) is 1.35. The molecule has 6 heavy (non-hydrogen) atoms. The molecule has 0 unspecified atom stereocenters. The van der Waals surface area contributed by atoms with Gasteiger partial charge in [-0.25, -0.2) is 0 Å². The van der Waals surface area contributed by atoms with Gasteiger partial charge in [0.25, 0.3) is 0 Å². The zero-order valence-electron chi connectivity index (χ0n) is 3.25. The highest BCUT2D eigenvalue weighted by Gasteiger charge is 1.72. The standard InChI is InChI=1S/C4H5Br2/c1-2-3-4(5)6/h3H,1-2H2. The largest absolute Gasteiger partial charge is 0.0632 e. The first-order valence-electron chi connectivity index (χ1n) is 1.57. The normalized spacial score (nSPS) is 7.83. The van der Waals surface area contributed by atoms with Gasteiger partial charge in [-0.2, -0.15) is 0 Å². The van der Waals surface area contributed by atoms with Crippen molar-refractivity contribution in [3.8, 4) is 0 Å². The Morgan fingerprint density at radius 3 is 2.17 bits per heavy atom. The lowest BCUT2D eigenvalue weighted by Gasteiger charge is -1.75. The third-order valence-corrected chi connectivity index (χ3v) is 0.946. The highest BCUT2D eigenvalue weighted by atomic mass is 79.9. The van der Waals surface area contributed by atoms with Gasteiger partial charge in [0.05, 0.1) is 3.39 Å². The molecule has 0 nitrogen and oxygen atoms in total. The summed E-state index contributed by atoms with van der Waals surface area (Å²) in [5.41, 5.74) is 0. The van der Waals surface area contributed by atoms with Crippen molar-refractivity contribution in [3.05, 3.63) is 16.4 Å². The number of hydrogen-bond acceptors (Lipinski definition) is 0. The fourth-order valence-corrected chi connectivity index (χ4v) is 0.567. The molecule has 0 aliphatic carbocycles. The van der Waals surface area contributed by atoms with E-state index in [-0.39, 0.29) is 0 Å². The Bertz CT molecular complexity index is 52.6. The molecule has 0 aromatic heterocycles. The van der Waals surface area contributed by atoms with Crippen molar-refractivity contribution in [2.24, 2.45) is 0 Å². The molecule has 0 saturated carbocycles. The third-order valence-electron chi connectivity index (χ3n) is 0.299. The highest BCUT2D eigenvalue weighted by molar-refractivity contribution is 9.28. The van der Waals surface area contributed by atoms with Gasteiger partial charge in [0.15, 0.2) is 0 Å². The Morgan fingerprint density at radius 2 is 2.17 bits per heavy atom. The van der Waals surface area contributed by atoms with Gasteiger partial charge < -0.3 is 0 Å². The molecule has 0 aliphatic rings. The zero-order chi connectivity index (χ0) is 4.99. The predicted molar refractivity (Wildman–Crippen MR) is 35.9 cm³/mol. The molecular formula is C4H5Br2. The monoisotopic (exact) mass is 211 g/mol. The highest BCUT2D eigenvalue weighted by Crippen LogP contribution is 2.12. The number of allylic oxidation sites excluding steroid dienone is 1. The Labute approximate surface area is 54.9 Å². The van der Waals surface area contributed by atoms with Crippen LogP contribution in [-0.4, -0.2) is 0 Å². The Hall–Kier alpha value is 0.700. The predicted octanol–water partition coefficient (Wildman–Crippen LogP) is 2.84. The van der Waals surface area contributed by atoms with Gasteiger partial charge in [-0.3, -0.25) is 0 Å². The molecule has 0 aliphatic heterocycles. The number of hydrogen-bond donors (Lipinski definition) is 0. The van der Waals surface area contributed by atoms with Crippen molar-refractivity contribution in [1.82, 2.24) is 0 Å². The van der Waals surface area contributed by atoms with E-state index in [2.05, 4.69) is 38.8 Å². The summed E-state index contributed by atoms with van der Waals surface area (Å²) < 4.78 is 0.977. The first kappa shape index (κ1) is 6.70. The molecule has 0 bridgehead atoms. The van der Waals surface area contributed by atoms with Crippen molar-refractivity contribution in [2.75, 3.05) is 0 Å². The topological polar surface area (TPSA) is 0 Å². The van der Waals surface area contributed by atoms with Crippen LogP contribution in [0.5, 0.6) is 0 Å². The third kappa shape index (κ3) is 4.70. The van der Waals surface area contributed by atoms with Crippen LogP contribution in [0.15, 0.2) is 9.47 Å². The maximum Gasteiger partial charge on any atom is 0.0564 e. The van der Waals surface area contributed by atoms with Crippen molar-refractivity contribution < 1.29 is 0 Å². The van der Waals surface area contributed by atoms with Crippen molar-refractivity contribution in [1.29, 1.82) is 0 Å². The molecule has 1 radical (unpaired) electrons. The summed E-state index contributed by atoms with van der Waals surface area (Å²) in [5, 5.41) is 0. The van der Waals surface area contributed by atoms with E-state index in [1.165, 1.54) is 0 Å². The molecule has 0 rings (SSSR count). The van der Waals surface area contributed by atoms with Gasteiger partial charge >= 0.3 is 0 Å². The van der Waals surface area contributed by atoms with Crippen LogP contribution in [-0.2, 0) is 0 Å². The van der Waals surface area contributed by atoms with E-state index in [9.17, 15) is 0 Å². The smallest absolute Gasteiger partial charge is 0.0564 e. The summed E-state index contributed by atoms with van der Waals surface area (Å²) in [6, 6.07) is 0. The molecule has 0 heterocycles. The molecule has 0 saturated heterocycles. The van der Waals surface area contributed by atoms with Crippen LogP contribution in [0.2, 0.25) is 0 Å². The van der Waals surface area contributed by atoms with Gasteiger partial charge in [-0.1, -0.05) is 6.08 Å². The van der Waals surface area contributed by atoms with E-state index in [4.69, 9.17) is 0 Å². The zero-order valence-corrected chi connectivity index (χ0v) is 6.42. The fraction of sp³-hybridized carbons (Fsp3) is 0.250. The molecule has 2 heteroatoms. The first-order chi connectivity index (χ1) is 2.77. The lowest BCUT2D eigenvalue weighted by atomic mass is 10.5. The molecule has 35 valence electrons. The van der Waals surface area contributed by atoms with Gasteiger partial charge in [-0.15, -0.1) is 0 Å². The summed E-state index contributed by atoms with van der Waals surface area (Å²) in [4.78, 5) is 0. The average molecular weight is 213 g/mol. The maximum absolute atomic E-state index is 3.59. The second kappa shape index (κ2) is 3.88. The summed E-state index contributed by atoms with van der Waals surface area (Å²) in [6.07, 6.45) is 2.76. The summed E-state index contributed by atoms with van der Waals surface area (Å²) in [5.74, 6) is 0. The van der Waals surface area contributed by atoms with Crippen LogP contribution >= 0.6 is 31.9 Å². The van der Waals surface area contributed by atoms with Gasteiger partial charge in [0.1, 0.15) is 0 Å². The van der Waals surface area contributed by atoms with E-state index < -0.39 is 0 Å². The van der Waals surface area contributed by atoms with Crippen molar-refractivity contribution in [3.63, 3.8) is 0 Å². The minimum atomic E-state index is 0.825. The van der Waals surface area contributed by atoms with Crippen molar-refractivity contribution in [2.45, 2.75) is 6.42 Å². The first-order valence-corrected chi connectivity index (χ1v) is 3.16. The lowest BCUT2D eigenvalue weighted by molar-refractivity contribution is 1.41. The second-order valence-electron chi connectivity index (χ2n) is 0.782. The SMILES string of the molecule is [CH2]CC=C(Br)Br. The maximum atomic E-state index is 3.59. The summed E-state index contributed by atoms with van der Waals surface area (Å²) in [6.45, 7) is 3.59. The fourth-order valence-electron chi connectivity index (χ4n) is 0.109. The Morgan fingerprint density at radius 1 is 1.67 bits per heavy atom. The van der Waals surface area contributed by atoms with Crippen LogP contribution in [0, 0.1) is 6.92 Å². The van der Waals surface area contributed by atoms with Crippen LogP contribution in [0.25, 0.3) is 0 Å². The van der Waals surface area contributed by atoms with Crippen LogP contribution in [0.3, 0.4) is 0 Å². The minimum Gasteiger partial charge on any atom is -0.0632 e. The van der Waals surface area contributed by atoms with Gasteiger partial charge in [0.2, 0.25) is 0 Å². The van der Waals surface area contributed by atoms with Crippen LogP contribution in [0.4, 0.5) is 0 Å². The Kier molecular flexibility index (Phi) is 4.33. The summed E-state index contributed by atoms with van der Waals surface area (Å²) >= 11 is 6.34. The van der Waals surface area contributed by atoms with Gasteiger partial charge in [-0.05, 0) is 45.2 Å². The molecular weight excluding hydrogens is 208 g/mol. The molecule has 0 atom stereocenters.